The molecule has 28 heavy (non-hydrogen) atoms. The molecule has 4 rings (SSSR count). The highest BCUT2D eigenvalue weighted by atomic mass is 16.5. The molecule has 0 bridgehead atoms. The highest BCUT2D eigenvalue weighted by Gasteiger charge is 2.28. The van der Waals surface area contributed by atoms with E-state index in [0.29, 0.717) is 0 Å². The van der Waals surface area contributed by atoms with Crippen molar-refractivity contribution in [3.05, 3.63) is 53.1 Å². The van der Waals surface area contributed by atoms with E-state index in [1.807, 2.05) is 36.9 Å². The Bertz CT molecular complexity index is 941. The van der Waals surface area contributed by atoms with Gasteiger partial charge in [-0.3, -0.25) is 4.79 Å². The Balaban J connectivity index is 1.70. The fourth-order valence-corrected chi connectivity index (χ4v) is 3.74. The first-order valence-corrected chi connectivity index (χ1v) is 9.94. The lowest BCUT2D eigenvalue weighted by Crippen LogP contribution is -2.51. The van der Waals surface area contributed by atoms with E-state index >= 15 is 0 Å². The van der Waals surface area contributed by atoms with Gasteiger partial charge in [-0.15, -0.1) is 0 Å². The molecule has 0 atom stereocenters. The number of fused-ring (bicyclic) bond motifs is 2. The van der Waals surface area contributed by atoms with Crippen LogP contribution in [0.25, 0.3) is 0 Å². The SMILES string of the molecule is Cc1ccc2c(c1)Oc1ccc(C)cc1C(N1CCN(C(=O)C(C)C)CC1)=N2. The van der Waals surface area contributed by atoms with Crippen LogP contribution < -0.4 is 4.74 Å². The summed E-state index contributed by atoms with van der Waals surface area (Å²) in [4.78, 5) is 21.6. The minimum absolute atomic E-state index is 0.0358. The second kappa shape index (κ2) is 7.30. The molecule has 1 amide bonds. The standard InChI is InChI=1S/C23H27N3O2/c1-15(2)23(27)26-11-9-25(10-12-26)22-18-13-16(3)6-8-20(18)28-21-14-17(4)5-7-19(21)24-22/h5-8,13-15H,9-12H2,1-4H3. The molecule has 2 heterocycles. The zero-order valence-corrected chi connectivity index (χ0v) is 17.0. The quantitative estimate of drug-likeness (QED) is 0.745. The predicted octanol–water partition coefficient (Wildman–Crippen LogP) is 4.29. The molecule has 2 aliphatic rings. The van der Waals surface area contributed by atoms with E-state index in [0.717, 1.165) is 60.3 Å². The number of piperazine rings is 1. The largest absolute Gasteiger partial charge is 0.454 e. The Morgan fingerprint density at radius 2 is 1.64 bits per heavy atom. The summed E-state index contributed by atoms with van der Waals surface area (Å²) in [6.45, 7) is 11.0. The van der Waals surface area contributed by atoms with Gasteiger partial charge in [0.05, 0.1) is 5.56 Å². The number of carbonyl (C=O) groups excluding carboxylic acids is 1. The first-order chi connectivity index (χ1) is 13.4. The summed E-state index contributed by atoms with van der Waals surface area (Å²) in [5.41, 5.74) is 4.17. The highest BCUT2D eigenvalue weighted by molar-refractivity contribution is 6.04. The molecule has 0 aromatic heterocycles. The molecule has 0 spiro atoms. The molecular weight excluding hydrogens is 350 g/mol. The lowest BCUT2D eigenvalue weighted by atomic mass is 10.1. The zero-order chi connectivity index (χ0) is 19.8. The van der Waals surface area contributed by atoms with Gasteiger partial charge in [0, 0.05) is 32.1 Å². The van der Waals surface area contributed by atoms with E-state index in [4.69, 9.17) is 9.73 Å². The van der Waals surface area contributed by atoms with Crippen molar-refractivity contribution in [2.45, 2.75) is 27.7 Å². The summed E-state index contributed by atoms with van der Waals surface area (Å²) in [5.74, 6) is 2.80. The second-order valence-electron chi connectivity index (χ2n) is 7.98. The van der Waals surface area contributed by atoms with Crippen molar-refractivity contribution < 1.29 is 9.53 Å². The normalized spacial score (nSPS) is 16.1. The first kappa shape index (κ1) is 18.5. The van der Waals surface area contributed by atoms with E-state index in [1.54, 1.807) is 0 Å². The number of nitrogens with zero attached hydrogens (tertiary/aromatic N) is 3. The molecule has 0 N–H and O–H groups in total. The van der Waals surface area contributed by atoms with E-state index in [1.165, 1.54) is 5.56 Å². The summed E-state index contributed by atoms with van der Waals surface area (Å²) < 4.78 is 6.24. The molecule has 5 heteroatoms. The smallest absolute Gasteiger partial charge is 0.225 e. The summed E-state index contributed by atoms with van der Waals surface area (Å²) in [6.07, 6.45) is 0. The van der Waals surface area contributed by atoms with Crippen molar-refractivity contribution >= 4 is 17.4 Å². The van der Waals surface area contributed by atoms with Crippen molar-refractivity contribution in [2.24, 2.45) is 10.9 Å². The number of amidine groups is 1. The van der Waals surface area contributed by atoms with Gasteiger partial charge in [0.25, 0.3) is 0 Å². The first-order valence-electron chi connectivity index (χ1n) is 9.94. The molecule has 146 valence electrons. The Morgan fingerprint density at radius 3 is 2.36 bits per heavy atom. The number of aryl methyl sites for hydroxylation is 2. The fourth-order valence-electron chi connectivity index (χ4n) is 3.74. The van der Waals surface area contributed by atoms with Gasteiger partial charge in [-0.25, -0.2) is 4.99 Å². The van der Waals surface area contributed by atoms with Crippen LogP contribution in [0.4, 0.5) is 5.69 Å². The van der Waals surface area contributed by atoms with Gasteiger partial charge in [-0.05, 0) is 43.7 Å². The maximum Gasteiger partial charge on any atom is 0.225 e. The number of hydrogen-bond acceptors (Lipinski definition) is 4. The fraction of sp³-hybridized carbons (Fsp3) is 0.391. The Hall–Kier alpha value is -2.82. The van der Waals surface area contributed by atoms with E-state index in [9.17, 15) is 4.79 Å². The Morgan fingerprint density at radius 1 is 0.964 bits per heavy atom. The summed E-state index contributed by atoms with van der Waals surface area (Å²) in [5, 5.41) is 0. The average Bonchev–Trinajstić information content (AvgIpc) is 2.83. The van der Waals surface area contributed by atoms with Crippen molar-refractivity contribution in [3.8, 4) is 11.5 Å². The number of amides is 1. The minimum atomic E-state index is 0.0358. The predicted molar refractivity (Wildman–Crippen MR) is 112 cm³/mol. The monoisotopic (exact) mass is 377 g/mol. The summed E-state index contributed by atoms with van der Waals surface area (Å²) in [7, 11) is 0. The maximum absolute atomic E-state index is 12.3. The van der Waals surface area contributed by atoms with Crippen LogP contribution in [-0.2, 0) is 4.79 Å². The molecule has 2 aromatic rings. The number of carbonyl (C=O) groups is 1. The van der Waals surface area contributed by atoms with Crippen LogP contribution in [0.3, 0.4) is 0 Å². The van der Waals surface area contributed by atoms with Crippen molar-refractivity contribution in [3.63, 3.8) is 0 Å². The van der Waals surface area contributed by atoms with Crippen molar-refractivity contribution in [2.75, 3.05) is 26.2 Å². The maximum atomic E-state index is 12.3. The van der Waals surface area contributed by atoms with Gasteiger partial charge in [0.1, 0.15) is 17.3 Å². The third-order valence-electron chi connectivity index (χ3n) is 5.32. The molecule has 0 aliphatic carbocycles. The molecule has 2 aliphatic heterocycles. The molecule has 5 nitrogen and oxygen atoms in total. The zero-order valence-electron chi connectivity index (χ0n) is 17.0. The third-order valence-corrected chi connectivity index (χ3v) is 5.32. The third kappa shape index (κ3) is 3.49. The lowest BCUT2D eigenvalue weighted by Gasteiger charge is -2.37. The van der Waals surface area contributed by atoms with Gasteiger partial charge < -0.3 is 14.5 Å². The van der Waals surface area contributed by atoms with Crippen LogP contribution in [0.2, 0.25) is 0 Å². The summed E-state index contributed by atoms with van der Waals surface area (Å²) >= 11 is 0. The van der Waals surface area contributed by atoms with Crippen molar-refractivity contribution in [1.82, 2.24) is 9.80 Å². The Labute approximate surface area is 166 Å². The van der Waals surface area contributed by atoms with E-state index in [-0.39, 0.29) is 11.8 Å². The molecule has 0 radical (unpaired) electrons. The molecule has 1 saturated heterocycles. The van der Waals surface area contributed by atoms with Crippen LogP contribution in [0, 0.1) is 19.8 Å². The van der Waals surface area contributed by atoms with Crippen molar-refractivity contribution in [1.29, 1.82) is 0 Å². The average molecular weight is 377 g/mol. The van der Waals surface area contributed by atoms with Gasteiger partial charge in [0.2, 0.25) is 5.91 Å². The van der Waals surface area contributed by atoms with E-state index in [2.05, 4.69) is 36.9 Å². The lowest BCUT2D eigenvalue weighted by molar-refractivity contribution is -0.135. The molecule has 0 unspecified atom stereocenters. The van der Waals surface area contributed by atoms with E-state index < -0.39 is 0 Å². The minimum Gasteiger partial charge on any atom is -0.454 e. The second-order valence-corrected chi connectivity index (χ2v) is 7.98. The number of rotatable bonds is 1. The van der Waals surface area contributed by atoms with Crippen LogP contribution in [0.15, 0.2) is 41.4 Å². The van der Waals surface area contributed by atoms with Gasteiger partial charge >= 0.3 is 0 Å². The van der Waals surface area contributed by atoms with Gasteiger partial charge in [-0.1, -0.05) is 31.5 Å². The topological polar surface area (TPSA) is 45.1 Å². The molecule has 1 fully saturated rings. The van der Waals surface area contributed by atoms with Crippen LogP contribution in [0.5, 0.6) is 11.5 Å². The number of aliphatic imine (C=N–C) groups is 1. The molecule has 2 aromatic carbocycles. The van der Waals surface area contributed by atoms with Crippen LogP contribution in [-0.4, -0.2) is 47.7 Å². The van der Waals surface area contributed by atoms with Gasteiger partial charge in [0.15, 0.2) is 5.75 Å². The van der Waals surface area contributed by atoms with Gasteiger partial charge in [-0.2, -0.15) is 0 Å². The van der Waals surface area contributed by atoms with Crippen LogP contribution >= 0.6 is 0 Å². The number of benzene rings is 2. The Kier molecular flexibility index (Phi) is 4.84. The van der Waals surface area contributed by atoms with Crippen LogP contribution in [0.1, 0.15) is 30.5 Å². The highest BCUT2D eigenvalue weighted by Crippen LogP contribution is 2.39. The molecule has 0 saturated carbocycles. The number of ether oxygens (including phenoxy) is 1. The number of hydrogen-bond donors (Lipinski definition) is 0. The molecular formula is C23H27N3O2. The summed E-state index contributed by atoms with van der Waals surface area (Å²) in [6, 6.07) is 12.3.